The third-order valence-corrected chi connectivity index (χ3v) is 18.1. The summed E-state index contributed by atoms with van der Waals surface area (Å²) >= 11 is 0. The largest absolute Gasteiger partial charge is 0.381 e. The van der Waals surface area contributed by atoms with Crippen LogP contribution in [0.5, 0.6) is 0 Å². The van der Waals surface area contributed by atoms with Crippen LogP contribution in [0.1, 0.15) is 126 Å². The first-order valence-corrected chi connectivity index (χ1v) is 24.0. The number of hydrogen-bond donors (Lipinski definition) is 4. The number of likely N-dealkylation sites (tertiary alicyclic amines) is 2. The predicted octanol–water partition coefficient (Wildman–Crippen LogP) is 3.01. The van der Waals surface area contributed by atoms with E-state index in [0.29, 0.717) is 71.4 Å². The van der Waals surface area contributed by atoms with Gasteiger partial charge in [-0.2, -0.15) is 12.7 Å². The number of hydrogen-bond acceptors (Lipinski definition) is 9. The smallest absolute Gasteiger partial charge is 0.303 e. The molecular weight excluding hydrogens is 787 g/mol. The minimum atomic E-state index is -4.12. The zero-order valence-electron chi connectivity index (χ0n) is 37.3. The second-order valence-corrected chi connectivity index (χ2v) is 23.1. The van der Waals surface area contributed by atoms with E-state index in [1.807, 2.05) is 27.7 Å². The molecule has 336 valence electrons. The average Bonchev–Trinajstić information content (AvgIpc) is 3.58. The van der Waals surface area contributed by atoms with Gasteiger partial charge >= 0.3 is 10.2 Å². The third kappa shape index (κ3) is 7.30. The number of ether oxygens (including phenoxy) is 1. The van der Waals surface area contributed by atoms with E-state index in [9.17, 15) is 27.6 Å². The van der Waals surface area contributed by atoms with Crippen molar-refractivity contribution in [3.8, 4) is 0 Å². The Morgan fingerprint density at radius 2 is 1.48 bits per heavy atom. The normalized spacial score (nSPS) is 32.9. The fourth-order valence-corrected chi connectivity index (χ4v) is 13.5. The highest BCUT2D eigenvalue weighted by atomic mass is 32.2. The zero-order valence-corrected chi connectivity index (χ0v) is 38.1. The molecule has 0 unspecified atom stereocenters. The summed E-state index contributed by atoms with van der Waals surface area (Å²) in [6.07, 6.45) is 9.15. The lowest BCUT2D eigenvalue weighted by Crippen LogP contribution is -2.65. The predicted molar refractivity (Wildman–Crippen MR) is 226 cm³/mol. The summed E-state index contributed by atoms with van der Waals surface area (Å²) in [6, 6.07) is -3.17. The first kappa shape index (κ1) is 45.0. The number of nitrogens with one attached hydrogen (secondary N) is 4. The molecule has 0 aromatic rings. The Morgan fingerprint density at radius 3 is 2.02 bits per heavy atom. The highest BCUT2D eigenvalue weighted by Crippen LogP contribution is 2.88. The Bertz CT molecular complexity index is 1860. The third-order valence-electron chi connectivity index (χ3n) is 16.6. The molecule has 0 aromatic carbocycles. The molecule has 7 rings (SSSR count). The molecule has 0 aromatic heterocycles. The van der Waals surface area contributed by atoms with Crippen LogP contribution in [-0.4, -0.2) is 127 Å². The second kappa shape index (κ2) is 15.6. The van der Waals surface area contributed by atoms with Crippen molar-refractivity contribution in [1.82, 2.24) is 34.8 Å². The van der Waals surface area contributed by atoms with Crippen LogP contribution in [0.15, 0.2) is 12.7 Å². The number of nitrogens with zero attached hydrogens (tertiary/aromatic N) is 3. The van der Waals surface area contributed by atoms with Gasteiger partial charge < -0.3 is 25.6 Å². The summed E-state index contributed by atoms with van der Waals surface area (Å²) < 4.78 is 35.7. The lowest BCUT2D eigenvalue weighted by Gasteiger charge is -2.43. The van der Waals surface area contributed by atoms with Crippen LogP contribution in [0.3, 0.4) is 0 Å². The molecule has 7 aliphatic rings. The van der Waals surface area contributed by atoms with Gasteiger partial charge in [0, 0.05) is 55.6 Å². The number of carbonyl (C=O) groups excluding carboxylic acids is 5. The molecule has 3 aliphatic carbocycles. The summed E-state index contributed by atoms with van der Waals surface area (Å²) in [5.74, 6) is -2.89. The van der Waals surface area contributed by atoms with Gasteiger partial charge in [-0.25, -0.2) is 4.72 Å². The summed E-state index contributed by atoms with van der Waals surface area (Å²) in [4.78, 5) is 76.7. The van der Waals surface area contributed by atoms with Crippen molar-refractivity contribution in [2.45, 2.75) is 162 Å². The van der Waals surface area contributed by atoms with E-state index in [-0.39, 0.29) is 46.6 Å². The molecule has 4 N–H and O–H groups in total. The Morgan fingerprint density at radius 1 is 0.833 bits per heavy atom. The molecule has 7 fully saturated rings. The van der Waals surface area contributed by atoms with Gasteiger partial charge in [0.05, 0.1) is 6.04 Å². The molecular formula is C44H71N7O8S. The van der Waals surface area contributed by atoms with E-state index in [1.165, 1.54) is 4.31 Å². The number of fused-ring (bicyclic) bond motifs is 1. The summed E-state index contributed by atoms with van der Waals surface area (Å²) in [6.45, 7) is 22.7. The van der Waals surface area contributed by atoms with Gasteiger partial charge in [-0.15, -0.1) is 6.58 Å². The molecule has 60 heavy (non-hydrogen) atoms. The standard InChI is InChI=1S/C44H71N7O8S/c1-10-29-25-44(29,38(56)48-60(57,58)49-20-11-12-21-49)47-35(53)31-26-43(40(7,8)42(43)16-14-17-42)27-51(31)37(55)33(41(9)18-23-59-24-19-41)46-36(54)32(39(4,5)6)45-34(52)30-15-13-22-50(30)28(2)3/h10,28-33H,1,11-27H2,2-9H3,(H,45,52)(H,46,54)(H,47,53)(H,48,56)/t29-,30+,31+,32-,33-,43-,44-/m1/s1. The van der Waals surface area contributed by atoms with Crippen LogP contribution in [0.2, 0.25) is 0 Å². The van der Waals surface area contributed by atoms with Crippen molar-refractivity contribution < 1.29 is 37.1 Å². The second-order valence-electron chi connectivity index (χ2n) is 21.4. The Hall–Kier alpha value is -3.08. The van der Waals surface area contributed by atoms with Gasteiger partial charge in [-0.1, -0.05) is 54.0 Å². The maximum absolute atomic E-state index is 15.6. The van der Waals surface area contributed by atoms with Gasteiger partial charge in [0.2, 0.25) is 23.6 Å². The first-order chi connectivity index (χ1) is 28.0. The van der Waals surface area contributed by atoms with Gasteiger partial charge in [-0.05, 0) is 101 Å². The molecule has 5 amide bonds. The van der Waals surface area contributed by atoms with Crippen molar-refractivity contribution >= 4 is 39.7 Å². The SMILES string of the molecule is C=C[C@@H]1C[C@]1(NC(=O)[C@@H]1C[C@@]2(CN1C(=O)[C@@H](NC(=O)[C@@H](NC(=O)[C@@H]1CCCN1C(C)C)C(C)(C)C)C1(C)CCOCC1)C(C)(C)C21CCC1)C(=O)NS(=O)(=O)N1CCCC1. The van der Waals surface area contributed by atoms with Gasteiger partial charge in [0.1, 0.15) is 23.7 Å². The van der Waals surface area contributed by atoms with Crippen molar-refractivity contribution in [2.75, 3.05) is 39.4 Å². The Labute approximate surface area is 357 Å². The molecule has 4 saturated heterocycles. The number of rotatable bonds is 13. The van der Waals surface area contributed by atoms with Crippen LogP contribution >= 0.6 is 0 Å². The van der Waals surface area contributed by atoms with Crippen molar-refractivity contribution in [1.29, 1.82) is 0 Å². The molecule has 16 heteroatoms. The van der Waals surface area contributed by atoms with Crippen LogP contribution in [-0.2, 0) is 38.9 Å². The van der Waals surface area contributed by atoms with E-state index in [1.54, 1.807) is 11.0 Å². The molecule has 4 aliphatic heterocycles. The summed E-state index contributed by atoms with van der Waals surface area (Å²) in [5.41, 5.74) is -3.54. The van der Waals surface area contributed by atoms with E-state index in [2.05, 4.69) is 59.8 Å². The first-order valence-electron chi connectivity index (χ1n) is 22.5. The van der Waals surface area contributed by atoms with Crippen LogP contribution < -0.4 is 20.7 Å². The maximum atomic E-state index is 15.6. The van der Waals surface area contributed by atoms with Gasteiger partial charge in [0.25, 0.3) is 5.91 Å². The highest BCUT2D eigenvalue weighted by molar-refractivity contribution is 7.87. The molecule has 3 saturated carbocycles. The molecule has 4 heterocycles. The van der Waals surface area contributed by atoms with E-state index in [0.717, 1.165) is 32.2 Å². The minimum Gasteiger partial charge on any atom is -0.381 e. The maximum Gasteiger partial charge on any atom is 0.303 e. The molecule has 2 spiro atoms. The lowest BCUT2D eigenvalue weighted by molar-refractivity contribution is -0.148. The van der Waals surface area contributed by atoms with E-state index < -0.39 is 68.3 Å². The average molecular weight is 858 g/mol. The number of amides is 5. The fourth-order valence-electron chi connectivity index (χ4n) is 12.3. The van der Waals surface area contributed by atoms with E-state index >= 15 is 4.79 Å². The summed E-state index contributed by atoms with van der Waals surface area (Å²) in [5, 5.41) is 9.23. The fraction of sp³-hybridized carbons (Fsp3) is 0.841. The molecule has 15 nitrogen and oxygen atoms in total. The van der Waals surface area contributed by atoms with Crippen molar-refractivity contribution in [3.63, 3.8) is 0 Å². The topological polar surface area (TPSA) is 187 Å². The molecule has 0 bridgehead atoms. The molecule has 0 radical (unpaired) electrons. The van der Waals surface area contributed by atoms with Gasteiger partial charge in [0.15, 0.2) is 0 Å². The quantitative estimate of drug-likeness (QED) is 0.202. The summed E-state index contributed by atoms with van der Waals surface area (Å²) in [7, 11) is -4.12. The highest BCUT2D eigenvalue weighted by Gasteiger charge is 2.85. The zero-order chi connectivity index (χ0) is 43.8. The molecule has 7 atom stereocenters. The van der Waals surface area contributed by atoms with Crippen LogP contribution in [0, 0.1) is 33.0 Å². The van der Waals surface area contributed by atoms with Gasteiger partial charge in [-0.3, -0.25) is 28.9 Å². The van der Waals surface area contributed by atoms with Crippen LogP contribution in [0.25, 0.3) is 0 Å². The van der Waals surface area contributed by atoms with E-state index in [4.69, 9.17) is 4.74 Å². The minimum absolute atomic E-state index is 0.0390. The van der Waals surface area contributed by atoms with Crippen molar-refractivity contribution in [2.24, 2.45) is 33.0 Å². The van der Waals surface area contributed by atoms with Crippen molar-refractivity contribution in [3.05, 3.63) is 12.7 Å². The Kier molecular flexibility index (Phi) is 11.7. The van der Waals surface area contributed by atoms with Crippen LogP contribution in [0.4, 0.5) is 0 Å². The Balaban J connectivity index is 1.19. The number of carbonyl (C=O) groups is 5. The lowest BCUT2D eigenvalue weighted by atomic mass is 9.73. The monoisotopic (exact) mass is 858 g/mol.